The average molecular weight is 122 g/mol. The van der Waals surface area contributed by atoms with Crippen LogP contribution in [-0.2, 0) is 0 Å². The van der Waals surface area contributed by atoms with E-state index in [9.17, 15) is 0 Å². The van der Waals surface area contributed by atoms with Crippen molar-refractivity contribution >= 4 is 0 Å². The zero-order valence-corrected chi connectivity index (χ0v) is 6.22. The van der Waals surface area contributed by atoms with Crippen molar-refractivity contribution in [3.63, 3.8) is 0 Å². The molecule has 3 atom stereocenters. The first kappa shape index (κ1) is 5.52. The average Bonchev–Trinajstić information content (AvgIpc) is 2.55. The van der Waals surface area contributed by atoms with Gasteiger partial charge in [-0.25, -0.2) is 0 Å². The zero-order valence-electron chi connectivity index (χ0n) is 6.22. The molecule has 1 saturated carbocycles. The molecule has 0 heterocycles. The lowest BCUT2D eigenvalue weighted by atomic mass is 9.92. The molecule has 0 N–H and O–H groups in total. The first-order chi connectivity index (χ1) is 4.33. The molecule has 0 spiro atoms. The van der Waals surface area contributed by atoms with E-state index in [0.717, 1.165) is 17.8 Å². The molecule has 3 unspecified atom stereocenters. The third-order valence-corrected chi connectivity index (χ3v) is 2.98. The Morgan fingerprint density at radius 3 is 2.78 bits per heavy atom. The minimum atomic E-state index is 0.929. The summed E-state index contributed by atoms with van der Waals surface area (Å²) in [6.07, 6.45) is 5.29. The fraction of sp³-hybridized carbons (Fsp3) is 0.778. The minimum absolute atomic E-state index is 0.929. The molecule has 0 radical (unpaired) electrons. The maximum absolute atomic E-state index is 2.51. The Bertz CT molecular complexity index is 155. The molecule has 50 valence electrons. The second-order valence-electron chi connectivity index (χ2n) is 3.48. The molecule has 2 rings (SSSR count). The fourth-order valence-electron chi connectivity index (χ4n) is 2.12. The molecular weight excluding hydrogens is 108 g/mol. The van der Waals surface area contributed by atoms with Crippen LogP contribution in [0.15, 0.2) is 11.6 Å². The molecule has 0 nitrogen and oxygen atoms in total. The Morgan fingerprint density at radius 1 is 1.67 bits per heavy atom. The third-order valence-electron chi connectivity index (χ3n) is 2.98. The molecule has 0 heteroatoms. The summed E-state index contributed by atoms with van der Waals surface area (Å²) < 4.78 is 0. The van der Waals surface area contributed by atoms with Crippen molar-refractivity contribution in [1.29, 1.82) is 0 Å². The Morgan fingerprint density at radius 2 is 2.44 bits per heavy atom. The van der Waals surface area contributed by atoms with E-state index >= 15 is 0 Å². The second-order valence-corrected chi connectivity index (χ2v) is 3.48. The van der Waals surface area contributed by atoms with Gasteiger partial charge in [-0.15, -0.1) is 0 Å². The van der Waals surface area contributed by atoms with Crippen LogP contribution in [0.2, 0.25) is 0 Å². The van der Waals surface area contributed by atoms with E-state index in [1.54, 1.807) is 5.57 Å². The summed E-state index contributed by atoms with van der Waals surface area (Å²) >= 11 is 0. The first-order valence-electron chi connectivity index (χ1n) is 4.03. The van der Waals surface area contributed by atoms with Gasteiger partial charge in [0, 0.05) is 0 Å². The van der Waals surface area contributed by atoms with Crippen LogP contribution in [0.5, 0.6) is 0 Å². The SMILES string of the molecule is CCC1C=C2CC2C1C. The van der Waals surface area contributed by atoms with E-state index in [2.05, 4.69) is 19.9 Å². The highest BCUT2D eigenvalue weighted by molar-refractivity contribution is 5.31. The summed E-state index contributed by atoms with van der Waals surface area (Å²) in [6.45, 7) is 4.69. The van der Waals surface area contributed by atoms with Crippen LogP contribution in [0.25, 0.3) is 0 Å². The van der Waals surface area contributed by atoms with Crippen molar-refractivity contribution in [2.75, 3.05) is 0 Å². The van der Waals surface area contributed by atoms with Crippen LogP contribution in [0.3, 0.4) is 0 Å². The summed E-state index contributed by atoms with van der Waals surface area (Å²) in [7, 11) is 0. The molecule has 0 bridgehead atoms. The van der Waals surface area contributed by atoms with Gasteiger partial charge in [0.25, 0.3) is 0 Å². The summed E-state index contributed by atoms with van der Waals surface area (Å²) in [5.74, 6) is 2.93. The molecule has 1 fully saturated rings. The van der Waals surface area contributed by atoms with Crippen molar-refractivity contribution in [2.24, 2.45) is 17.8 Å². The van der Waals surface area contributed by atoms with E-state index in [4.69, 9.17) is 0 Å². The van der Waals surface area contributed by atoms with Crippen molar-refractivity contribution in [1.82, 2.24) is 0 Å². The van der Waals surface area contributed by atoms with Crippen LogP contribution < -0.4 is 0 Å². The van der Waals surface area contributed by atoms with Gasteiger partial charge in [0.2, 0.25) is 0 Å². The van der Waals surface area contributed by atoms with Crippen molar-refractivity contribution in [3.05, 3.63) is 11.6 Å². The Labute approximate surface area is 57.0 Å². The number of fused-ring (bicyclic) bond motifs is 1. The predicted molar refractivity (Wildman–Crippen MR) is 39.1 cm³/mol. The van der Waals surface area contributed by atoms with Gasteiger partial charge in [-0.1, -0.05) is 25.5 Å². The lowest BCUT2D eigenvalue weighted by Crippen LogP contribution is -2.05. The van der Waals surface area contributed by atoms with E-state index in [1.165, 1.54) is 12.8 Å². The van der Waals surface area contributed by atoms with Gasteiger partial charge in [-0.05, 0) is 30.6 Å². The highest BCUT2D eigenvalue weighted by Gasteiger charge is 2.42. The number of hydrogen-bond acceptors (Lipinski definition) is 0. The molecule has 0 aliphatic heterocycles. The third kappa shape index (κ3) is 0.654. The van der Waals surface area contributed by atoms with Crippen LogP contribution in [0, 0.1) is 17.8 Å². The van der Waals surface area contributed by atoms with E-state index in [-0.39, 0.29) is 0 Å². The summed E-state index contributed by atoms with van der Waals surface area (Å²) in [4.78, 5) is 0. The number of rotatable bonds is 1. The standard InChI is InChI=1S/C9H14/c1-3-7-4-8-5-9(8)6(7)2/h4,6-7,9H,3,5H2,1-2H3. The smallest absolute Gasteiger partial charge is 0.0134 e. The maximum atomic E-state index is 2.51. The van der Waals surface area contributed by atoms with Gasteiger partial charge in [-0.3, -0.25) is 0 Å². The summed E-state index contributed by atoms with van der Waals surface area (Å²) in [5.41, 5.74) is 1.76. The normalized spacial score (nSPS) is 46.4. The Kier molecular flexibility index (Phi) is 0.992. The number of hydrogen-bond donors (Lipinski definition) is 0. The zero-order chi connectivity index (χ0) is 6.43. The topological polar surface area (TPSA) is 0 Å². The largest absolute Gasteiger partial charge is 0.0816 e. The summed E-state index contributed by atoms with van der Waals surface area (Å²) in [6, 6.07) is 0. The second kappa shape index (κ2) is 1.62. The molecule has 0 saturated heterocycles. The van der Waals surface area contributed by atoms with Crippen molar-refractivity contribution in [2.45, 2.75) is 26.7 Å². The molecular formula is C9H14. The number of allylic oxidation sites excluding steroid dienone is 2. The highest BCUT2D eigenvalue weighted by Crippen LogP contribution is 2.53. The molecule has 0 amide bonds. The molecule has 2 aliphatic rings. The highest BCUT2D eigenvalue weighted by atomic mass is 14.5. The van der Waals surface area contributed by atoms with Gasteiger partial charge in [0.1, 0.15) is 0 Å². The van der Waals surface area contributed by atoms with Gasteiger partial charge in [0.05, 0.1) is 0 Å². The van der Waals surface area contributed by atoms with Crippen LogP contribution in [0.1, 0.15) is 26.7 Å². The van der Waals surface area contributed by atoms with Gasteiger partial charge >= 0.3 is 0 Å². The van der Waals surface area contributed by atoms with E-state index in [1.807, 2.05) is 0 Å². The lowest BCUT2D eigenvalue weighted by Gasteiger charge is -2.13. The molecule has 0 aromatic rings. The fourth-order valence-corrected chi connectivity index (χ4v) is 2.12. The van der Waals surface area contributed by atoms with Gasteiger partial charge in [-0.2, -0.15) is 0 Å². The molecule has 9 heavy (non-hydrogen) atoms. The van der Waals surface area contributed by atoms with Crippen LogP contribution in [-0.4, -0.2) is 0 Å². The Hall–Kier alpha value is -0.260. The van der Waals surface area contributed by atoms with E-state index in [0.29, 0.717) is 0 Å². The molecule has 0 aromatic heterocycles. The van der Waals surface area contributed by atoms with Crippen molar-refractivity contribution in [3.8, 4) is 0 Å². The monoisotopic (exact) mass is 122 g/mol. The van der Waals surface area contributed by atoms with Gasteiger partial charge < -0.3 is 0 Å². The minimum Gasteiger partial charge on any atom is -0.0816 e. The van der Waals surface area contributed by atoms with E-state index < -0.39 is 0 Å². The van der Waals surface area contributed by atoms with Gasteiger partial charge in [0.15, 0.2) is 0 Å². The van der Waals surface area contributed by atoms with Crippen LogP contribution in [0.4, 0.5) is 0 Å². The summed E-state index contributed by atoms with van der Waals surface area (Å²) in [5, 5.41) is 0. The quantitative estimate of drug-likeness (QED) is 0.469. The predicted octanol–water partition coefficient (Wildman–Crippen LogP) is 2.61. The molecule has 2 aliphatic carbocycles. The van der Waals surface area contributed by atoms with Crippen molar-refractivity contribution < 1.29 is 0 Å². The maximum Gasteiger partial charge on any atom is -0.0134 e. The Balaban J connectivity index is 2.12. The first-order valence-corrected chi connectivity index (χ1v) is 4.03. The molecule has 0 aromatic carbocycles. The van der Waals surface area contributed by atoms with Crippen LogP contribution >= 0.6 is 0 Å². The lowest BCUT2D eigenvalue weighted by molar-refractivity contribution is 0.400.